The van der Waals surface area contributed by atoms with Crippen molar-refractivity contribution in [1.82, 2.24) is 0 Å². The van der Waals surface area contributed by atoms with Gasteiger partial charge in [-0.05, 0) is 15.9 Å². The van der Waals surface area contributed by atoms with Crippen molar-refractivity contribution in [3.05, 3.63) is 0 Å². The fraction of sp³-hybridized carbons (Fsp3) is 0.600. The van der Waals surface area contributed by atoms with E-state index in [-0.39, 0.29) is 18.4 Å². The summed E-state index contributed by atoms with van der Waals surface area (Å²) >= 11 is 3.14. The van der Waals surface area contributed by atoms with Gasteiger partial charge in [-0.3, -0.25) is 4.79 Å². The Morgan fingerprint density at radius 3 is 3.10 bits per heavy atom. The van der Waals surface area contributed by atoms with Gasteiger partial charge in [0.25, 0.3) is 0 Å². The zero-order valence-electron chi connectivity index (χ0n) is 5.21. The highest BCUT2D eigenvalue weighted by atomic mass is 79.9. The van der Waals surface area contributed by atoms with E-state index in [2.05, 4.69) is 21.1 Å². The molecule has 0 saturated carbocycles. The lowest BCUT2D eigenvalue weighted by molar-refractivity contribution is -0.120. The fourth-order valence-corrected chi connectivity index (χ4v) is 1.17. The summed E-state index contributed by atoms with van der Waals surface area (Å²) in [7, 11) is 0. The molecule has 0 aromatic rings. The molecule has 1 heterocycles. The summed E-state index contributed by atoms with van der Waals surface area (Å²) in [5, 5.41) is 3.60. The molecule has 1 atom stereocenters. The predicted molar refractivity (Wildman–Crippen MR) is 39.7 cm³/mol. The number of hydrogen-bond donors (Lipinski definition) is 1. The van der Waals surface area contributed by atoms with Gasteiger partial charge in [-0.2, -0.15) is 0 Å². The number of nitrogens with zero attached hydrogens (tertiary/aromatic N) is 1. The third-order valence-electron chi connectivity index (χ3n) is 1.13. The highest BCUT2D eigenvalue weighted by Crippen LogP contribution is 2.16. The number of nitrogens with two attached hydrogens (primary N) is 1. The maximum atomic E-state index is 10.3. The molecule has 0 fully saturated rings. The van der Waals surface area contributed by atoms with Gasteiger partial charge in [-0.1, -0.05) is 5.16 Å². The first-order valence-corrected chi connectivity index (χ1v) is 3.64. The number of carbonyl (C=O) groups excluding carboxylic acids is 1. The number of rotatable bonds is 2. The molecule has 10 heavy (non-hydrogen) atoms. The van der Waals surface area contributed by atoms with Gasteiger partial charge in [0.05, 0.1) is 6.42 Å². The predicted octanol–water partition coefficient (Wildman–Crippen LogP) is 0.359. The van der Waals surface area contributed by atoms with E-state index in [1.165, 1.54) is 0 Å². The lowest BCUT2D eigenvalue weighted by Crippen LogP contribution is -2.19. The molecule has 0 aliphatic carbocycles. The second kappa shape index (κ2) is 3.01. The third kappa shape index (κ3) is 1.98. The van der Waals surface area contributed by atoms with Crippen LogP contribution in [-0.2, 0) is 9.63 Å². The lowest BCUT2D eigenvalue weighted by atomic mass is 10.2. The minimum Gasteiger partial charge on any atom is -0.391 e. The first-order valence-electron chi connectivity index (χ1n) is 2.85. The summed E-state index contributed by atoms with van der Waals surface area (Å²) in [6.07, 6.45) is 0.716. The zero-order valence-corrected chi connectivity index (χ0v) is 6.80. The molecule has 1 amide bonds. The molecule has 0 radical (unpaired) electrons. The number of primary amides is 1. The average molecular weight is 207 g/mol. The molecular weight excluding hydrogens is 200 g/mol. The van der Waals surface area contributed by atoms with Crippen LogP contribution in [0.1, 0.15) is 12.8 Å². The van der Waals surface area contributed by atoms with Gasteiger partial charge in [0.1, 0.15) is 10.7 Å². The Morgan fingerprint density at radius 1 is 2.00 bits per heavy atom. The smallest absolute Gasteiger partial charge is 0.221 e. The van der Waals surface area contributed by atoms with Gasteiger partial charge in [0, 0.05) is 6.42 Å². The van der Waals surface area contributed by atoms with Crippen LogP contribution >= 0.6 is 15.9 Å². The molecule has 1 unspecified atom stereocenters. The molecule has 4 nitrogen and oxygen atoms in total. The van der Waals surface area contributed by atoms with Gasteiger partial charge in [-0.25, -0.2) is 0 Å². The normalized spacial score (nSPS) is 23.7. The Hall–Kier alpha value is -0.580. The van der Waals surface area contributed by atoms with Crippen LogP contribution in [0.5, 0.6) is 0 Å². The maximum absolute atomic E-state index is 10.3. The molecule has 1 aliphatic heterocycles. The van der Waals surface area contributed by atoms with E-state index in [1.807, 2.05) is 0 Å². The van der Waals surface area contributed by atoms with E-state index in [4.69, 9.17) is 10.6 Å². The number of oxime groups is 1. The Balaban J connectivity index is 2.29. The summed E-state index contributed by atoms with van der Waals surface area (Å²) in [6.45, 7) is 0. The molecule has 0 aromatic heterocycles. The van der Waals surface area contributed by atoms with Crippen molar-refractivity contribution >= 4 is 26.5 Å². The number of halogens is 1. The molecule has 0 spiro atoms. The Bertz CT molecular complexity index is 180. The molecule has 0 saturated heterocycles. The highest BCUT2D eigenvalue weighted by molar-refractivity contribution is 9.18. The van der Waals surface area contributed by atoms with E-state index in [0.717, 1.165) is 4.62 Å². The van der Waals surface area contributed by atoms with E-state index >= 15 is 0 Å². The lowest BCUT2D eigenvalue weighted by Gasteiger charge is -2.02. The monoisotopic (exact) mass is 206 g/mol. The summed E-state index contributed by atoms with van der Waals surface area (Å²) in [6, 6.07) is 0. The Kier molecular flexibility index (Phi) is 2.26. The van der Waals surface area contributed by atoms with Crippen molar-refractivity contribution in [2.75, 3.05) is 0 Å². The molecular formula is C5H7BrN2O2. The van der Waals surface area contributed by atoms with Crippen LogP contribution < -0.4 is 5.73 Å². The van der Waals surface area contributed by atoms with Crippen LogP contribution in [0.3, 0.4) is 0 Å². The van der Waals surface area contributed by atoms with Crippen molar-refractivity contribution in [1.29, 1.82) is 0 Å². The number of hydrogen-bond acceptors (Lipinski definition) is 3. The van der Waals surface area contributed by atoms with Crippen molar-refractivity contribution in [2.45, 2.75) is 18.9 Å². The summed E-state index contributed by atoms with van der Waals surface area (Å²) < 4.78 is 0.735. The van der Waals surface area contributed by atoms with E-state index in [0.29, 0.717) is 6.42 Å². The van der Waals surface area contributed by atoms with Crippen molar-refractivity contribution < 1.29 is 9.63 Å². The molecule has 0 bridgehead atoms. The molecule has 0 aromatic carbocycles. The standard InChI is InChI=1S/C5H7BrN2O2/c6-4-1-3(10-8-4)2-5(7)9/h3H,1-2H2,(H2,7,9). The van der Waals surface area contributed by atoms with Gasteiger partial charge < -0.3 is 10.6 Å². The maximum Gasteiger partial charge on any atom is 0.221 e. The van der Waals surface area contributed by atoms with Gasteiger partial charge in [-0.15, -0.1) is 0 Å². The summed E-state index contributed by atoms with van der Waals surface area (Å²) in [4.78, 5) is 15.2. The molecule has 1 rings (SSSR count). The first kappa shape index (κ1) is 7.53. The van der Waals surface area contributed by atoms with Crippen LogP contribution in [0.4, 0.5) is 0 Å². The first-order chi connectivity index (χ1) is 4.68. The van der Waals surface area contributed by atoms with Crippen LogP contribution in [0, 0.1) is 0 Å². The third-order valence-corrected chi connectivity index (χ3v) is 1.59. The topological polar surface area (TPSA) is 64.7 Å². The summed E-state index contributed by atoms with van der Waals surface area (Å²) in [5.74, 6) is -0.359. The van der Waals surface area contributed by atoms with E-state index < -0.39 is 0 Å². The summed E-state index contributed by atoms with van der Waals surface area (Å²) in [5.41, 5.74) is 4.93. The van der Waals surface area contributed by atoms with Gasteiger partial charge >= 0.3 is 0 Å². The molecule has 1 aliphatic rings. The minimum atomic E-state index is -0.359. The van der Waals surface area contributed by atoms with Crippen LogP contribution in [0.15, 0.2) is 5.16 Å². The van der Waals surface area contributed by atoms with E-state index in [1.54, 1.807) is 0 Å². The Labute approximate surface area is 66.5 Å². The minimum absolute atomic E-state index is 0.160. The van der Waals surface area contributed by atoms with Crippen LogP contribution in [0.25, 0.3) is 0 Å². The quantitative estimate of drug-likeness (QED) is 0.710. The highest BCUT2D eigenvalue weighted by Gasteiger charge is 2.20. The largest absolute Gasteiger partial charge is 0.391 e. The Morgan fingerprint density at radius 2 is 2.70 bits per heavy atom. The fourth-order valence-electron chi connectivity index (χ4n) is 0.728. The zero-order chi connectivity index (χ0) is 7.56. The van der Waals surface area contributed by atoms with Crippen molar-refractivity contribution in [3.63, 3.8) is 0 Å². The molecule has 5 heteroatoms. The molecule has 2 N–H and O–H groups in total. The van der Waals surface area contributed by atoms with E-state index in [9.17, 15) is 4.79 Å². The van der Waals surface area contributed by atoms with Gasteiger partial charge in [0.15, 0.2) is 0 Å². The SMILES string of the molecule is NC(=O)CC1CC(Br)=NO1. The second-order valence-corrected chi connectivity index (χ2v) is 2.98. The van der Waals surface area contributed by atoms with Crippen molar-refractivity contribution in [2.24, 2.45) is 10.9 Å². The average Bonchev–Trinajstić information content (AvgIpc) is 2.13. The van der Waals surface area contributed by atoms with Gasteiger partial charge in [0.2, 0.25) is 5.91 Å². The van der Waals surface area contributed by atoms with Crippen LogP contribution in [0.2, 0.25) is 0 Å². The number of amides is 1. The van der Waals surface area contributed by atoms with Crippen LogP contribution in [-0.4, -0.2) is 16.6 Å². The molecule has 56 valence electrons. The second-order valence-electron chi connectivity index (χ2n) is 2.07. The van der Waals surface area contributed by atoms with Crippen molar-refractivity contribution in [3.8, 4) is 0 Å². The number of carbonyl (C=O) groups is 1.